The number of phenolic OH excluding ortho intramolecular Hbond substituents is 1. The molecule has 1 aromatic rings. The largest absolute Gasteiger partial charge is 0.505 e. The number of rotatable bonds is 3. The fraction of sp³-hybridized carbons (Fsp3) is 0.462. The molecule has 0 spiro atoms. The van der Waals surface area contributed by atoms with Crippen molar-refractivity contribution in [3.8, 4) is 5.75 Å². The fourth-order valence-electron chi connectivity index (χ4n) is 2.09. The van der Waals surface area contributed by atoms with Crippen molar-refractivity contribution in [1.29, 1.82) is 0 Å². The first-order valence-electron chi connectivity index (χ1n) is 5.92. The molecule has 1 aliphatic carbocycles. The van der Waals surface area contributed by atoms with Crippen LogP contribution < -0.4 is 5.73 Å². The summed E-state index contributed by atoms with van der Waals surface area (Å²) >= 11 is 0. The molecule has 1 aliphatic rings. The maximum atomic E-state index is 12.1. The maximum absolute atomic E-state index is 12.1. The summed E-state index contributed by atoms with van der Waals surface area (Å²) in [6, 6.07) is 4.86. The Morgan fingerprint density at radius 3 is 2.82 bits per heavy atom. The van der Waals surface area contributed by atoms with E-state index in [1.165, 1.54) is 19.3 Å². The van der Waals surface area contributed by atoms with Crippen LogP contribution in [0.15, 0.2) is 18.2 Å². The summed E-state index contributed by atoms with van der Waals surface area (Å²) in [5.41, 5.74) is 6.10. The van der Waals surface area contributed by atoms with Crippen molar-refractivity contribution >= 4 is 11.6 Å². The molecule has 4 heteroatoms. The Morgan fingerprint density at radius 2 is 2.24 bits per heavy atom. The minimum atomic E-state index is -0.165. The van der Waals surface area contributed by atoms with Gasteiger partial charge >= 0.3 is 0 Å². The van der Waals surface area contributed by atoms with E-state index in [1.807, 2.05) is 0 Å². The van der Waals surface area contributed by atoms with Gasteiger partial charge < -0.3 is 15.7 Å². The number of hydrogen-bond donors (Lipinski definition) is 2. The maximum Gasteiger partial charge on any atom is 0.257 e. The summed E-state index contributed by atoms with van der Waals surface area (Å²) in [5, 5.41) is 9.75. The molecule has 1 aromatic carbocycles. The highest BCUT2D eigenvalue weighted by atomic mass is 16.3. The molecule has 0 aromatic heterocycles. The second kappa shape index (κ2) is 4.65. The molecular weight excluding hydrogens is 216 g/mol. The lowest BCUT2D eigenvalue weighted by molar-refractivity contribution is 0.0742. The number of nitrogens with zero attached hydrogens (tertiary/aromatic N) is 1. The second-order valence-electron chi connectivity index (χ2n) is 4.73. The van der Waals surface area contributed by atoms with E-state index in [0.717, 1.165) is 6.54 Å². The molecule has 17 heavy (non-hydrogen) atoms. The SMILES string of the molecule is CN(CC1CCC1)C(=O)c1cccc(N)c1O. The zero-order chi connectivity index (χ0) is 12.4. The Hall–Kier alpha value is -1.71. The molecule has 0 unspecified atom stereocenters. The van der Waals surface area contributed by atoms with Gasteiger partial charge in [0, 0.05) is 13.6 Å². The number of amides is 1. The van der Waals surface area contributed by atoms with Gasteiger partial charge in [-0.3, -0.25) is 4.79 Å². The molecule has 0 aliphatic heterocycles. The summed E-state index contributed by atoms with van der Waals surface area (Å²) in [5.74, 6) is 0.340. The molecule has 1 fully saturated rings. The highest BCUT2D eigenvalue weighted by molar-refractivity contribution is 5.98. The summed E-state index contributed by atoms with van der Waals surface area (Å²) in [6.07, 6.45) is 3.65. The van der Waals surface area contributed by atoms with Crippen molar-refractivity contribution in [3.05, 3.63) is 23.8 Å². The summed E-state index contributed by atoms with van der Waals surface area (Å²) < 4.78 is 0. The molecule has 1 saturated carbocycles. The number of benzene rings is 1. The van der Waals surface area contributed by atoms with E-state index >= 15 is 0 Å². The van der Waals surface area contributed by atoms with Gasteiger partial charge in [0.1, 0.15) is 0 Å². The van der Waals surface area contributed by atoms with Crippen LogP contribution in [-0.4, -0.2) is 29.5 Å². The zero-order valence-electron chi connectivity index (χ0n) is 10.0. The Kier molecular flexibility index (Phi) is 3.22. The van der Waals surface area contributed by atoms with Crippen molar-refractivity contribution in [2.75, 3.05) is 19.3 Å². The van der Waals surface area contributed by atoms with Crippen LogP contribution in [0.5, 0.6) is 5.75 Å². The Balaban J connectivity index is 2.09. The molecule has 2 rings (SSSR count). The summed E-state index contributed by atoms with van der Waals surface area (Å²) in [4.78, 5) is 13.8. The highest BCUT2D eigenvalue weighted by Crippen LogP contribution is 2.29. The predicted octanol–water partition coefficient (Wildman–Crippen LogP) is 1.85. The second-order valence-corrected chi connectivity index (χ2v) is 4.73. The van der Waals surface area contributed by atoms with Gasteiger partial charge in [0.2, 0.25) is 0 Å². The number of phenols is 1. The van der Waals surface area contributed by atoms with Crippen molar-refractivity contribution in [2.24, 2.45) is 5.92 Å². The normalized spacial score (nSPS) is 15.4. The molecule has 0 saturated heterocycles. The average Bonchev–Trinajstić information content (AvgIpc) is 2.26. The van der Waals surface area contributed by atoms with Gasteiger partial charge in [-0.05, 0) is 30.9 Å². The van der Waals surface area contributed by atoms with Crippen LogP contribution in [0.1, 0.15) is 29.6 Å². The van der Waals surface area contributed by atoms with Gasteiger partial charge in [0.05, 0.1) is 11.3 Å². The van der Waals surface area contributed by atoms with E-state index in [-0.39, 0.29) is 22.9 Å². The third kappa shape index (κ3) is 2.35. The monoisotopic (exact) mass is 234 g/mol. The third-order valence-electron chi connectivity index (χ3n) is 3.40. The van der Waals surface area contributed by atoms with Gasteiger partial charge in [0.15, 0.2) is 5.75 Å². The first-order chi connectivity index (χ1) is 8.09. The van der Waals surface area contributed by atoms with Crippen molar-refractivity contribution in [2.45, 2.75) is 19.3 Å². The quantitative estimate of drug-likeness (QED) is 0.619. The Morgan fingerprint density at radius 1 is 1.53 bits per heavy atom. The summed E-state index contributed by atoms with van der Waals surface area (Å²) in [6.45, 7) is 0.757. The van der Waals surface area contributed by atoms with Gasteiger partial charge in [-0.2, -0.15) is 0 Å². The number of anilines is 1. The molecule has 0 bridgehead atoms. The van der Waals surface area contributed by atoms with Crippen molar-refractivity contribution in [3.63, 3.8) is 0 Å². The lowest BCUT2D eigenvalue weighted by atomic mass is 9.85. The van der Waals surface area contributed by atoms with E-state index < -0.39 is 0 Å². The molecule has 4 nitrogen and oxygen atoms in total. The average molecular weight is 234 g/mol. The minimum absolute atomic E-state index is 0.113. The zero-order valence-corrected chi connectivity index (χ0v) is 10.0. The number of hydrogen-bond acceptors (Lipinski definition) is 3. The van der Waals surface area contributed by atoms with Crippen molar-refractivity contribution in [1.82, 2.24) is 4.90 Å². The van der Waals surface area contributed by atoms with E-state index in [2.05, 4.69) is 0 Å². The molecule has 0 heterocycles. The number of aromatic hydroxyl groups is 1. The predicted molar refractivity (Wildman–Crippen MR) is 66.8 cm³/mol. The van der Waals surface area contributed by atoms with Crippen LogP contribution in [-0.2, 0) is 0 Å². The summed E-state index contributed by atoms with van der Waals surface area (Å²) in [7, 11) is 1.77. The first kappa shape index (κ1) is 11.8. The topological polar surface area (TPSA) is 66.6 Å². The van der Waals surface area contributed by atoms with Crippen LogP contribution >= 0.6 is 0 Å². The highest BCUT2D eigenvalue weighted by Gasteiger charge is 2.23. The van der Waals surface area contributed by atoms with Gasteiger partial charge in [0.25, 0.3) is 5.91 Å². The van der Waals surface area contributed by atoms with Gasteiger partial charge in [-0.25, -0.2) is 0 Å². The number of carbonyl (C=O) groups is 1. The number of nitrogens with two attached hydrogens (primary N) is 1. The van der Waals surface area contributed by atoms with Crippen LogP contribution in [0.2, 0.25) is 0 Å². The fourth-order valence-corrected chi connectivity index (χ4v) is 2.09. The molecule has 92 valence electrons. The molecule has 3 N–H and O–H groups in total. The Labute approximate surface area is 101 Å². The van der Waals surface area contributed by atoms with Gasteiger partial charge in [-0.1, -0.05) is 12.5 Å². The van der Waals surface area contributed by atoms with E-state index in [0.29, 0.717) is 5.92 Å². The van der Waals surface area contributed by atoms with E-state index in [4.69, 9.17) is 5.73 Å². The van der Waals surface area contributed by atoms with Crippen LogP contribution in [0.4, 0.5) is 5.69 Å². The Bertz CT molecular complexity index is 427. The number of carbonyl (C=O) groups excluding carboxylic acids is 1. The standard InChI is InChI=1S/C13H18N2O2/c1-15(8-9-4-2-5-9)13(17)10-6-3-7-11(14)12(10)16/h3,6-7,9,16H,2,4-5,8,14H2,1H3. The van der Waals surface area contributed by atoms with E-state index in [9.17, 15) is 9.90 Å². The van der Waals surface area contributed by atoms with E-state index in [1.54, 1.807) is 30.1 Å². The van der Waals surface area contributed by atoms with Crippen LogP contribution in [0.25, 0.3) is 0 Å². The number of para-hydroxylation sites is 1. The van der Waals surface area contributed by atoms with Gasteiger partial charge in [-0.15, -0.1) is 0 Å². The first-order valence-corrected chi connectivity index (χ1v) is 5.92. The minimum Gasteiger partial charge on any atom is -0.505 e. The lowest BCUT2D eigenvalue weighted by Gasteiger charge is -2.30. The lowest BCUT2D eigenvalue weighted by Crippen LogP contribution is -2.34. The molecule has 0 radical (unpaired) electrons. The van der Waals surface area contributed by atoms with Crippen molar-refractivity contribution < 1.29 is 9.90 Å². The third-order valence-corrected chi connectivity index (χ3v) is 3.40. The van der Waals surface area contributed by atoms with Crippen LogP contribution in [0.3, 0.4) is 0 Å². The smallest absolute Gasteiger partial charge is 0.257 e. The molecular formula is C13H18N2O2. The molecule has 1 amide bonds. The van der Waals surface area contributed by atoms with Crippen LogP contribution in [0, 0.1) is 5.92 Å². The number of nitrogen functional groups attached to an aromatic ring is 1. The molecule has 0 atom stereocenters.